The molecule has 0 radical (unpaired) electrons. The molecule has 1 rings (SSSR count). The second kappa shape index (κ2) is 7.08. The predicted molar refractivity (Wildman–Crippen MR) is 85.0 cm³/mol. The van der Waals surface area contributed by atoms with E-state index in [0.717, 1.165) is 5.75 Å². The zero-order valence-electron chi connectivity index (χ0n) is 13.1. The van der Waals surface area contributed by atoms with Crippen molar-refractivity contribution in [2.24, 2.45) is 0 Å². The molecular weight excluding hydrogens is 240 g/mol. The second-order valence-electron chi connectivity index (χ2n) is 6.29. The molecule has 2 heteroatoms. The summed E-state index contributed by atoms with van der Waals surface area (Å²) < 4.78 is 5.54. The van der Waals surface area contributed by atoms with Crippen LogP contribution in [-0.4, -0.2) is 18.1 Å². The molecule has 0 amide bonds. The zero-order valence-corrected chi connectivity index (χ0v) is 13.9. The lowest BCUT2D eigenvalue weighted by molar-refractivity contribution is 0.414. The van der Waals surface area contributed by atoms with Crippen LogP contribution in [-0.2, 0) is 5.41 Å². The van der Waals surface area contributed by atoms with Crippen molar-refractivity contribution < 1.29 is 4.74 Å². The molecule has 0 saturated heterocycles. The molecule has 0 unspecified atom stereocenters. The number of rotatable bonds is 1. The van der Waals surface area contributed by atoms with Crippen LogP contribution in [0.15, 0.2) is 24.3 Å². The Hall–Kier alpha value is -0.630. The molecule has 104 valence electrons. The van der Waals surface area contributed by atoms with Crippen molar-refractivity contribution in [3.05, 3.63) is 29.8 Å². The summed E-state index contributed by atoms with van der Waals surface area (Å²) in [4.78, 5) is 0. The Morgan fingerprint density at radius 3 is 1.50 bits per heavy atom. The highest BCUT2D eigenvalue weighted by molar-refractivity contribution is 7.99. The lowest BCUT2D eigenvalue weighted by atomic mass is 9.87. The molecule has 0 atom stereocenters. The number of hydrogen-bond acceptors (Lipinski definition) is 2. The van der Waals surface area contributed by atoms with E-state index in [4.69, 9.17) is 4.74 Å². The summed E-state index contributed by atoms with van der Waals surface area (Å²) in [6.45, 7) is 13.2. The van der Waals surface area contributed by atoms with E-state index in [1.807, 2.05) is 23.9 Å². The fourth-order valence-corrected chi connectivity index (χ4v) is 1.09. The normalized spacial score (nSPS) is 11.6. The van der Waals surface area contributed by atoms with Gasteiger partial charge in [0.1, 0.15) is 5.75 Å². The van der Waals surface area contributed by atoms with Gasteiger partial charge in [-0.3, -0.25) is 0 Å². The van der Waals surface area contributed by atoms with Crippen LogP contribution in [0.2, 0.25) is 0 Å². The minimum Gasteiger partial charge on any atom is -0.497 e. The average Bonchev–Trinajstić information content (AvgIpc) is 2.28. The summed E-state index contributed by atoms with van der Waals surface area (Å²) in [5, 5.41) is 0. The summed E-state index contributed by atoms with van der Waals surface area (Å²) in [6.07, 6.45) is 2.12. The average molecular weight is 268 g/mol. The first kappa shape index (κ1) is 17.4. The van der Waals surface area contributed by atoms with Crippen LogP contribution in [0.4, 0.5) is 0 Å². The van der Waals surface area contributed by atoms with Crippen molar-refractivity contribution in [2.45, 2.75) is 51.7 Å². The monoisotopic (exact) mass is 268 g/mol. The number of methoxy groups -OCH3 is 1. The number of benzene rings is 1. The van der Waals surface area contributed by atoms with Gasteiger partial charge in [-0.15, -0.1) is 0 Å². The topological polar surface area (TPSA) is 9.23 Å². The van der Waals surface area contributed by atoms with Gasteiger partial charge in [0.2, 0.25) is 0 Å². The Bertz CT molecular complexity index is 328. The minimum atomic E-state index is 0.228. The summed E-state index contributed by atoms with van der Waals surface area (Å²) in [6, 6.07) is 8.22. The van der Waals surface area contributed by atoms with Gasteiger partial charge in [-0.1, -0.05) is 53.7 Å². The first-order valence-corrected chi connectivity index (χ1v) is 7.52. The molecule has 1 nitrogen and oxygen atoms in total. The number of ether oxygens (including phenoxy) is 1. The quantitative estimate of drug-likeness (QED) is 0.697. The molecule has 1 aromatic rings. The first-order chi connectivity index (χ1) is 8.10. The van der Waals surface area contributed by atoms with Crippen LogP contribution in [0.1, 0.15) is 47.1 Å². The SMILES string of the molecule is COc1ccc(C(C)(C)C)cc1.CSC(C)(C)C. The highest BCUT2D eigenvalue weighted by atomic mass is 32.2. The summed E-state index contributed by atoms with van der Waals surface area (Å²) >= 11 is 1.88. The molecular formula is C16H28OS. The van der Waals surface area contributed by atoms with Crippen molar-refractivity contribution in [1.82, 2.24) is 0 Å². The van der Waals surface area contributed by atoms with E-state index in [0.29, 0.717) is 4.75 Å². The molecule has 0 aliphatic rings. The number of hydrogen-bond donors (Lipinski definition) is 0. The van der Waals surface area contributed by atoms with Crippen LogP contribution in [0.5, 0.6) is 5.75 Å². The van der Waals surface area contributed by atoms with Crippen molar-refractivity contribution in [3.63, 3.8) is 0 Å². The highest BCUT2D eigenvalue weighted by Gasteiger charge is 2.12. The summed E-state index contributed by atoms with van der Waals surface area (Å²) in [7, 11) is 1.69. The molecule has 0 saturated carbocycles. The van der Waals surface area contributed by atoms with Crippen LogP contribution >= 0.6 is 11.8 Å². The van der Waals surface area contributed by atoms with Crippen molar-refractivity contribution in [1.29, 1.82) is 0 Å². The maximum Gasteiger partial charge on any atom is 0.118 e. The Kier molecular flexibility index (Phi) is 6.83. The highest BCUT2D eigenvalue weighted by Crippen LogP contribution is 2.23. The smallest absolute Gasteiger partial charge is 0.118 e. The Balaban J connectivity index is 0.000000411. The fraction of sp³-hybridized carbons (Fsp3) is 0.625. The first-order valence-electron chi connectivity index (χ1n) is 6.30. The van der Waals surface area contributed by atoms with E-state index in [1.54, 1.807) is 7.11 Å². The fourth-order valence-electron chi connectivity index (χ4n) is 1.09. The molecule has 0 spiro atoms. The molecule has 1 aromatic carbocycles. The molecule has 0 heterocycles. The van der Waals surface area contributed by atoms with Gasteiger partial charge in [-0.05, 0) is 29.4 Å². The van der Waals surface area contributed by atoms with Crippen LogP contribution in [0, 0.1) is 0 Å². The van der Waals surface area contributed by atoms with Crippen molar-refractivity contribution in [3.8, 4) is 5.75 Å². The minimum absolute atomic E-state index is 0.228. The van der Waals surface area contributed by atoms with Crippen molar-refractivity contribution in [2.75, 3.05) is 13.4 Å². The molecule has 0 N–H and O–H groups in total. The van der Waals surface area contributed by atoms with Gasteiger partial charge >= 0.3 is 0 Å². The van der Waals surface area contributed by atoms with Crippen LogP contribution in [0.3, 0.4) is 0 Å². The van der Waals surface area contributed by atoms with Crippen molar-refractivity contribution >= 4 is 11.8 Å². The standard InChI is InChI=1S/C11H16O.C5H12S/c1-11(2,3)9-5-7-10(12-4)8-6-9;1-5(2,3)6-4/h5-8H,1-4H3;1-4H3. The lowest BCUT2D eigenvalue weighted by Crippen LogP contribution is -2.10. The van der Waals surface area contributed by atoms with Crippen LogP contribution in [0.25, 0.3) is 0 Å². The Labute approximate surface area is 117 Å². The summed E-state index contributed by atoms with van der Waals surface area (Å²) in [5.41, 5.74) is 1.56. The lowest BCUT2D eigenvalue weighted by Gasteiger charge is -2.18. The maximum atomic E-state index is 5.08. The third-order valence-electron chi connectivity index (χ3n) is 2.57. The molecule has 18 heavy (non-hydrogen) atoms. The molecule has 0 fully saturated rings. The second-order valence-corrected chi connectivity index (χ2v) is 7.93. The van der Waals surface area contributed by atoms with Gasteiger partial charge in [0.25, 0.3) is 0 Å². The van der Waals surface area contributed by atoms with Crippen LogP contribution < -0.4 is 4.74 Å². The van der Waals surface area contributed by atoms with E-state index >= 15 is 0 Å². The van der Waals surface area contributed by atoms with Gasteiger partial charge in [-0.2, -0.15) is 11.8 Å². The van der Waals surface area contributed by atoms with Gasteiger partial charge in [0, 0.05) is 4.75 Å². The largest absolute Gasteiger partial charge is 0.497 e. The molecule has 0 aliphatic carbocycles. The van der Waals surface area contributed by atoms with Gasteiger partial charge in [-0.25, -0.2) is 0 Å². The molecule has 0 aliphatic heterocycles. The van der Waals surface area contributed by atoms with E-state index in [2.05, 4.69) is 59.9 Å². The Morgan fingerprint density at radius 1 is 0.889 bits per heavy atom. The molecule has 0 bridgehead atoms. The third-order valence-corrected chi connectivity index (χ3v) is 3.79. The van der Waals surface area contributed by atoms with E-state index in [9.17, 15) is 0 Å². The molecule has 0 aromatic heterocycles. The van der Waals surface area contributed by atoms with Gasteiger partial charge < -0.3 is 4.74 Å². The van der Waals surface area contributed by atoms with E-state index < -0.39 is 0 Å². The predicted octanol–water partition coefficient (Wildman–Crippen LogP) is 5.14. The number of thioether (sulfide) groups is 1. The third kappa shape index (κ3) is 7.65. The van der Waals surface area contributed by atoms with E-state index in [1.165, 1.54) is 5.56 Å². The summed E-state index contributed by atoms with van der Waals surface area (Å²) in [5.74, 6) is 0.919. The van der Waals surface area contributed by atoms with E-state index in [-0.39, 0.29) is 5.41 Å². The van der Waals surface area contributed by atoms with Gasteiger partial charge in [0.05, 0.1) is 7.11 Å². The van der Waals surface area contributed by atoms with Gasteiger partial charge in [0.15, 0.2) is 0 Å². The zero-order chi connectivity index (χ0) is 14.4. The Morgan fingerprint density at radius 2 is 1.28 bits per heavy atom. The maximum absolute atomic E-state index is 5.08.